The second-order valence-corrected chi connectivity index (χ2v) is 3.73. The molecular formula is C14H11O2-. The first-order valence-electron chi connectivity index (χ1n) is 5.05. The molecule has 0 unspecified atom stereocenters. The van der Waals surface area contributed by atoms with E-state index in [2.05, 4.69) is 6.07 Å². The van der Waals surface area contributed by atoms with Gasteiger partial charge in [-0.2, -0.15) is 0 Å². The molecule has 16 heavy (non-hydrogen) atoms. The Kier molecular flexibility index (Phi) is 2.73. The summed E-state index contributed by atoms with van der Waals surface area (Å²) in [7, 11) is 0. The summed E-state index contributed by atoms with van der Waals surface area (Å²) >= 11 is 0. The molecule has 0 saturated carbocycles. The topological polar surface area (TPSA) is 40.1 Å². The van der Waals surface area contributed by atoms with Gasteiger partial charge >= 0.3 is 0 Å². The highest BCUT2D eigenvalue weighted by Crippen LogP contribution is 2.20. The van der Waals surface area contributed by atoms with Crippen LogP contribution in [0.3, 0.4) is 0 Å². The molecule has 2 heteroatoms. The zero-order valence-electron chi connectivity index (χ0n) is 8.94. The largest absolute Gasteiger partial charge is 0.545 e. The lowest BCUT2D eigenvalue weighted by molar-refractivity contribution is -0.255. The van der Waals surface area contributed by atoms with E-state index in [-0.39, 0.29) is 5.56 Å². The molecule has 2 nitrogen and oxygen atoms in total. The summed E-state index contributed by atoms with van der Waals surface area (Å²) in [5, 5.41) is 10.6. The second-order valence-electron chi connectivity index (χ2n) is 3.73. The van der Waals surface area contributed by atoms with Crippen LogP contribution in [-0.2, 0) is 0 Å². The van der Waals surface area contributed by atoms with Gasteiger partial charge in [-0.25, -0.2) is 0 Å². The Hall–Kier alpha value is -2.09. The van der Waals surface area contributed by atoms with E-state index in [1.54, 1.807) is 24.3 Å². The van der Waals surface area contributed by atoms with Crippen LogP contribution < -0.4 is 5.11 Å². The average Bonchev–Trinajstić information content (AvgIpc) is 2.29. The van der Waals surface area contributed by atoms with Crippen molar-refractivity contribution in [1.29, 1.82) is 0 Å². The Labute approximate surface area is 94.2 Å². The third-order valence-electron chi connectivity index (χ3n) is 2.47. The number of hydrogen-bond acceptors (Lipinski definition) is 2. The highest BCUT2D eigenvalue weighted by atomic mass is 16.4. The lowest BCUT2D eigenvalue weighted by Gasteiger charge is -2.05. The van der Waals surface area contributed by atoms with Crippen LogP contribution in [0.2, 0.25) is 0 Å². The molecule has 0 N–H and O–H groups in total. The molecule has 0 spiro atoms. The summed E-state index contributed by atoms with van der Waals surface area (Å²) in [6.45, 7) is 2.03. The maximum atomic E-state index is 10.6. The minimum absolute atomic E-state index is 0.205. The summed E-state index contributed by atoms with van der Waals surface area (Å²) in [6.07, 6.45) is 0. The van der Waals surface area contributed by atoms with Crippen LogP contribution in [0, 0.1) is 6.92 Å². The predicted octanol–water partition coefficient (Wildman–Crippen LogP) is 2.03. The van der Waals surface area contributed by atoms with Gasteiger partial charge in [-0.15, -0.1) is 0 Å². The average molecular weight is 211 g/mol. The standard InChI is InChI=1S/C14H12O2/c1-10-3-2-4-13(9-10)11-5-7-12(8-6-11)14(15)16/h2-9H,1H3,(H,15,16)/p-1. The van der Waals surface area contributed by atoms with Gasteiger partial charge in [0.2, 0.25) is 0 Å². The fourth-order valence-electron chi connectivity index (χ4n) is 1.62. The molecule has 0 aromatic heterocycles. The number of rotatable bonds is 2. The molecule has 0 radical (unpaired) electrons. The number of carboxylic acid groups (broad SMARTS) is 1. The number of carbonyl (C=O) groups excluding carboxylic acids is 1. The van der Waals surface area contributed by atoms with Crippen molar-refractivity contribution in [2.45, 2.75) is 6.92 Å². The van der Waals surface area contributed by atoms with Crippen LogP contribution in [-0.4, -0.2) is 5.97 Å². The smallest absolute Gasteiger partial charge is 0.0715 e. The van der Waals surface area contributed by atoms with Gasteiger partial charge in [-0.3, -0.25) is 0 Å². The van der Waals surface area contributed by atoms with Gasteiger partial charge in [0.1, 0.15) is 0 Å². The Balaban J connectivity index is 2.38. The van der Waals surface area contributed by atoms with Crippen molar-refractivity contribution in [3.63, 3.8) is 0 Å². The van der Waals surface area contributed by atoms with Gasteiger partial charge in [0.05, 0.1) is 5.97 Å². The summed E-state index contributed by atoms with van der Waals surface area (Å²) in [5.41, 5.74) is 3.48. The van der Waals surface area contributed by atoms with E-state index in [1.807, 2.05) is 25.1 Å². The third-order valence-corrected chi connectivity index (χ3v) is 2.47. The Bertz CT molecular complexity index is 513. The lowest BCUT2D eigenvalue weighted by atomic mass is 10.0. The lowest BCUT2D eigenvalue weighted by Crippen LogP contribution is -2.21. The molecule has 0 bridgehead atoms. The van der Waals surface area contributed by atoms with Crippen molar-refractivity contribution >= 4 is 5.97 Å². The van der Waals surface area contributed by atoms with Crippen molar-refractivity contribution in [1.82, 2.24) is 0 Å². The van der Waals surface area contributed by atoms with Crippen LogP contribution in [0.25, 0.3) is 11.1 Å². The zero-order chi connectivity index (χ0) is 11.5. The molecule has 2 rings (SSSR count). The highest BCUT2D eigenvalue weighted by molar-refractivity contribution is 5.86. The van der Waals surface area contributed by atoms with Gasteiger partial charge in [0.15, 0.2) is 0 Å². The Morgan fingerprint density at radius 3 is 2.25 bits per heavy atom. The van der Waals surface area contributed by atoms with Crippen molar-refractivity contribution in [2.75, 3.05) is 0 Å². The fourth-order valence-corrected chi connectivity index (χ4v) is 1.62. The summed E-state index contributed by atoms with van der Waals surface area (Å²) in [6, 6.07) is 14.8. The predicted molar refractivity (Wildman–Crippen MR) is 60.9 cm³/mol. The number of aryl methyl sites for hydroxylation is 1. The molecule has 0 fully saturated rings. The van der Waals surface area contributed by atoms with E-state index in [9.17, 15) is 9.90 Å². The van der Waals surface area contributed by atoms with Crippen LogP contribution in [0.4, 0.5) is 0 Å². The maximum Gasteiger partial charge on any atom is 0.0715 e. The minimum Gasteiger partial charge on any atom is -0.545 e. The monoisotopic (exact) mass is 211 g/mol. The van der Waals surface area contributed by atoms with E-state index < -0.39 is 5.97 Å². The van der Waals surface area contributed by atoms with Gasteiger partial charge in [0.25, 0.3) is 0 Å². The summed E-state index contributed by atoms with van der Waals surface area (Å²) in [4.78, 5) is 10.6. The highest BCUT2D eigenvalue weighted by Gasteiger charge is 1.98. The van der Waals surface area contributed by atoms with Gasteiger partial charge < -0.3 is 9.90 Å². The number of hydrogen-bond donors (Lipinski definition) is 0. The van der Waals surface area contributed by atoms with Crippen LogP contribution in [0.5, 0.6) is 0 Å². The first kappa shape index (κ1) is 10.4. The molecule has 80 valence electrons. The van der Waals surface area contributed by atoms with Gasteiger partial charge in [0, 0.05) is 0 Å². The Morgan fingerprint density at radius 1 is 1.00 bits per heavy atom. The second kappa shape index (κ2) is 4.19. The summed E-state index contributed by atoms with van der Waals surface area (Å²) < 4.78 is 0. The SMILES string of the molecule is Cc1cccc(-c2ccc(C(=O)[O-])cc2)c1. The fraction of sp³-hybridized carbons (Fsp3) is 0.0714. The molecule has 2 aromatic carbocycles. The van der Waals surface area contributed by atoms with Crippen molar-refractivity contribution in [3.8, 4) is 11.1 Å². The van der Waals surface area contributed by atoms with Crippen LogP contribution in [0.15, 0.2) is 48.5 Å². The van der Waals surface area contributed by atoms with Gasteiger partial charge in [-0.1, -0.05) is 54.1 Å². The van der Waals surface area contributed by atoms with Crippen molar-refractivity contribution in [2.24, 2.45) is 0 Å². The first-order valence-corrected chi connectivity index (χ1v) is 5.05. The number of benzene rings is 2. The van der Waals surface area contributed by atoms with E-state index in [0.717, 1.165) is 11.1 Å². The number of carbonyl (C=O) groups is 1. The van der Waals surface area contributed by atoms with E-state index in [1.165, 1.54) is 5.56 Å². The first-order chi connectivity index (χ1) is 7.66. The molecule has 0 amide bonds. The van der Waals surface area contributed by atoms with Crippen molar-refractivity contribution in [3.05, 3.63) is 59.7 Å². The quantitative estimate of drug-likeness (QED) is 0.762. The molecule has 0 aliphatic heterocycles. The van der Waals surface area contributed by atoms with Crippen LogP contribution >= 0.6 is 0 Å². The van der Waals surface area contributed by atoms with E-state index in [4.69, 9.17) is 0 Å². The van der Waals surface area contributed by atoms with Crippen molar-refractivity contribution < 1.29 is 9.90 Å². The molecular weight excluding hydrogens is 200 g/mol. The molecule has 0 heterocycles. The molecule has 2 aromatic rings. The van der Waals surface area contributed by atoms with Crippen LogP contribution in [0.1, 0.15) is 15.9 Å². The molecule has 0 aliphatic rings. The normalized spacial score (nSPS) is 10.1. The molecule has 0 saturated heterocycles. The number of aromatic carboxylic acids is 1. The maximum absolute atomic E-state index is 10.6. The zero-order valence-corrected chi connectivity index (χ0v) is 8.94. The molecule has 0 aliphatic carbocycles. The minimum atomic E-state index is -1.14. The number of carboxylic acids is 1. The molecule has 0 atom stereocenters. The van der Waals surface area contributed by atoms with Gasteiger partial charge in [-0.05, 0) is 23.6 Å². The van der Waals surface area contributed by atoms with E-state index >= 15 is 0 Å². The third kappa shape index (κ3) is 2.11. The van der Waals surface area contributed by atoms with E-state index in [0.29, 0.717) is 0 Å². The Morgan fingerprint density at radius 2 is 1.69 bits per heavy atom. The summed E-state index contributed by atoms with van der Waals surface area (Å²) in [5.74, 6) is -1.14.